The van der Waals surface area contributed by atoms with Crippen molar-refractivity contribution in [2.24, 2.45) is 0 Å². The fourth-order valence-corrected chi connectivity index (χ4v) is 1.77. The summed E-state index contributed by atoms with van der Waals surface area (Å²) >= 11 is 0. The van der Waals surface area contributed by atoms with Crippen LogP contribution in [0.25, 0.3) is 0 Å². The van der Waals surface area contributed by atoms with Gasteiger partial charge >= 0.3 is 5.97 Å². The molecule has 4 nitrogen and oxygen atoms in total. The van der Waals surface area contributed by atoms with E-state index in [1.807, 2.05) is 6.92 Å². The summed E-state index contributed by atoms with van der Waals surface area (Å²) in [6.45, 7) is 3.84. The largest absolute Gasteiger partial charge is 0.462 e. The summed E-state index contributed by atoms with van der Waals surface area (Å²) in [5.74, 6) is -0.250. The summed E-state index contributed by atoms with van der Waals surface area (Å²) in [6, 6.07) is 1.73. The van der Waals surface area contributed by atoms with Crippen molar-refractivity contribution in [3.05, 3.63) is 29.1 Å². The van der Waals surface area contributed by atoms with Crippen LogP contribution in [-0.2, 0) is 17.7 Å². The van der Waals surface area contributed by atoms with Crippen LogP contribution in [0.1, 0.15) is 28.5 Å². The predicted octanol–water partition coefficient (Wildman–Crippen LogP) is 0.904. The van der Waals surface area contributed by atoms with Gasteiger partial charge < -0.3 is 10.1 Å². The molecule has 0 saturated heterocycles. The lowest BCUT2D eigenvalue weighted by Crippen LogP contribution is -2.27. The molecule has 0 radical (unpaired) electrons. The van der Waals surface area contributed by atoms with Crippen molar-refractivity contribution in [1.82, 2.24) is 10.3 Å². The van der Waals surface area contributed by atoms with Crippen molar-refractivity contribution < 1.29 is 9.53 Å². The third-order valence-electron chi connectivity index (χ3n) is 2.48. The molecule has 1 aliphatic heterocycles. The number of esters is 1. The van der Waals surface area contributed by atoms with Crippen molar-refractivity contribution in [3.63, 3.8) is 0 Å². The summed E-state index contributed by atoms with van der Waals surface area (Å²) in [6.07, 6.45) is 2.55. The zero-order valence-electron chi connectivity index (χ0n) is 8.75. The highest BCUT2D eigenvalue weighted by molar-refractivity contribution is 5.91. The van der Waals surface area contributed by atoms with Gasteiger partial charge in [0, 0.05) is 37.0 Å². The average molecular weight is 206 g/mol. The van der Waals surface area contributed by atoms with Crippen molar-refractivity contribution in [2.45, 2.75) is 19.9 Å². The Kier molecular flexibility index (Phi) is 2.97. The van der Waals surface area contributed by atoms with E-state index in [0.717, 1.165) is 24.2 Å². The molecule has 0 saturated carbocycles. The van der Waals surface area contributed by atoms with Crippen molar-refractivity contribution in [2.75, 3.05) is 13.2 Å². The Labute approximate surface area is 88.7 Å². The molecule has 80 valence electrons. The summed E-state index contributed by atoms with van der Waals surface area (Å²) in [5.41, 5.74) is 2.65. The average Bonchev–Trinajstić information content (AvgIpc) is 2.28. The van der Waals surface area contributed by atoms with Crippen LogP contribution in [0, 0.1) is 0 Å². The van der Waals surface area contributed by atoms with Crippen LogP contribution in [0.3, 0.4) is 0 Å². The molecule has 0 amide bonds. The molecular formula is C11H14N2O2. The van der Waals surface area contributed by atoms with Crippen molar-refractivity contribution >= 4 is 5.97 Å². The van der Waals surface area contributed by atoms with Gasteiger partial charge in [0.1, 0.15) is 0 Å². The van der Waals surface area contributed by atoms with E-state index in [2.05, 4.69) is 10.3 Å². The maximum atomic E-state index is 11.6. The van der Waals surface area contributed by atoms with Crippen LogP contribution in [0.4, 0.5) is 0 Å². The number of fused-ring (bicyclic) bond motifs is 1. The molecule has 0 spiro atoms. The number of carbonyl (C=O) groups excluding carboxylic acids is 1. The first-order valence-corrected chi connectivity index (χ1v) is 5.17. The minimum absolute atomic E-state index is 0.250. The second-order valence-corrected chi connectivity index (χ2v) is 3.43. The Hall–Kier alpha value is -1.42. The normalized spacial score (nSPS) is 14.5. The fourth-order valence-electron chi connectivity index (χ4n) is 1.77. The smallest absolute Gasteiger partial charge is 0.338 e. The molecule has 1 aliphatic rings. The lowest BCUT2D eigenvalue weighted by Gasteiger charge is -2.18. The molecule has 1 aromatic heterocycles. The van der Waals surface area contributed by atoms with E-state index < -0.39 is 0 Å². The number of aromatic nitrogens is 1. The minimum atomic E-state index is -0.250. The van der Waals surface area contributed by atoms with E-state index >= 15 is 0 Å². The lowest BCUT2D eigenvalue weighted by molar-refractivity contribution is 0.0524. The number of ether oxygens (including phenoxy) is 1. The zero-order chi connectivity index (χ0) is 10.7. The molecule has 15 heavy (non-hydrogen) atoms. The van der Waals surface area contributed by atoms with Gasteiger partial charge in [-0.05, 0) is 13.0 Å². The van der Waals surface area contributed by atoms with E-state index in [1.54, 1.807) is 12.3 Å². The van der Waals surface area contributed by atoms with Gasteiger partial charge in [-0.15, -0.1) is 0 Å². The Morgan fingerprint density at radius 1 is 1.67 bits per heavy atom. The molecule has 0 bridgehead atoms. The van der Waals surface area contributed by atoms with Crippen LogP contribution in [0.15, 0.2) is 12.3 Å². The van der Waals surface area contributed by atoms with E-state index in [9.17, 15) is 4.79 Å². The summed E-state index contributed by atoms with van der Waals surface area (Å²) in [5, 5.41) is 3.23. The number of hydrogen-bond acceptors (Lipinski definition) is 4. The van der Waals surface area contributed by atoms with E-state index in [4.69, 9.17) is 4.74 Å². The lowest BCUT2D eigenvalue weighted by atomic mass is 10.0. The number of carbonyl (C=O) groups is 1. The van der Waals surface area contributed by atoms with Gasteiger partial charge in [0.2, 0.25) is 0 Å². The Morgan fingerprint density at radius 2 is 2.53 bits per heavy atom. The molecular weight excluding hydrogens is 192 g/mol. The highest BCUT2D eigenvalue weighted by atomic mass is 16.5. The van der Waals surface area contributed by atoms with Gasteiger partial charge in [0.25, 0.3) is 0 Å². The Morgan fingerprint density at radius 3 is 3.33 bits per heavy atom. The maximum Gasteiger partial charge on any atom is 0.338 e. The SMILES string of the molecule is CCOC(=O)c1ccnc2c1CNCC2. The second kappa shape index (κ2) is 4.40. The summed E-state index contributed by atoms with van der Waals surface area (Å²) < 4.78 is 5.00. The van der Waals surface area contributed by atoms with Gasteiger partial charge in [-0.25, -0.2) is 4.79 Å². The zero-order valence-corrected chi connectivity index (χ0v) is 8.75. The van der Waals surface area contributed by atoms with Gasteiger partial charge in [-0.1, -0.05) is 0 Å². The standard InChI is InChI=1S/C11H14N2O2/c1-2-15-11(14)8-3-6-13-10-4-5-12-7-9(8)10/h3,6,12H,2,4-5,7H2,1H3. The van der Waals surface area contributed by atoms with Gasteiger partial charge in [0.05, 0.1) is 12.2 Å². The molecule has 0 atom stereocenters. The van der Waals surface area contributed by atoms with Gasteiger partial charge in [-0.3, -0.25) is 4.98 Å². The molecule has 2 heterocycles. The second-order valence-electron chi connectivity index (χ2n) is 3.43. The van der Waals surface area contributed by atoms with Crippen molar-refractivity contribution in [3.8, 4) is 0 Å². The maximum absolute atomic E-state index is 11.6. The molecule has 0 fully saturated rings. The fraction of sp³-hybridized carbons (Fsp3) is 0.455. The highest BCUT2D eigenvalue weighted by Gasteiger charge is 2.18. The number of hydrogen-bond donors (Lipinski definition) is 1. The topological polar surface area (TPSA) is 51.2 Å². The number of nitrogens with one attached hydrogen (secondary N) is 1. The van der Waals surface area contributed by atoms with Crippen molar-refractivity contribution in [1.29, 1.82) is 0 Å². The highest BCUT2D eigenvalue weighted by Crippen LogP contribution is 2.16. The van der Waals surface area contributed by atoms with Crippen LogP contribution >= 0.6 is 0 Å². The minimum Gasteiger partial charge on any atom is -0.462 e. The first kappa shape index (κ1) is 10.1. The molecule has 0 unspecified atom stereocenters. The summed E-state index contributed by atoms with van der Waals surface area (Å²) in [7, 11) is 0. The molecule has 1 aromatic rings. The Bertz CT molecular complexity index is 377. The van der Waals surface area contributed by atoms with E-state index in [1.165, 1.54) is 0 Å². The molecule has 4 heteroatoms. The molecule has 2 rings (SSSR count). The van der Waals surface area contributed by atoms with Crippen LogP contribution in [0.5, 0.6) is 0 Å². The van der Waals surface area contributed by atoms with Crippen LogP contribution < -0.4 is 5.32 Å². The van der Waals surface area contributed by atoms with Gasteiger partial charge in [0.15, 0.2) is 0 Å². The third kappa shape index (κ3) is 1.99. The van der Waals surface area contributed by atoms with Crippen LogP contribution in [-0.4, -0.2) is 24.1 Å². The van der Waals surface area contributed by atoms with E-state index in [-0.39, 0.29) is 5.97 Å². The number of nitrogens with zero attached hydrogens (tertiary/aromatic N) is 1. The molecule has 1 N–H and O–H groups in total. The molecule has 0 aliphatic carbocycles. The summed E-state index contributed by atoms with van der Waals surface area (Å²) in [4.78, 5) is 15.9. The quantitative estimate of drug-likeness (QED) is 0.730. The van der Waals surface area contributed by atoms with E-state index in [0.29, 0.717) is 18.7 Å². The van der Waals surface area contributed by atoms with Crippen LogP contribution in [0.2, 0.25) is 0 Å². The van der Waals surface area contributed by atoms with Gasteiger partial charge in [-0.2, -0.15) is 0 Å². The number of pyridine rings is 1. The first-order valence-electron chi connectivity index (χ1n) is 5.17. The Balaban J connectivity index is 2.34. The number of rotatable bonds is 2. The monoisotopic (exact) mass is 206 g/mol. The molecule has 0 aromatic carbocycles. The first-order chi connectivity index (χ1) is 7.33. The third-order valence-corrected chi connectivity index (χ3v) is 2.48. The predicted molar refractivity (Wildman–Crippen MR) is 55.6 cm³/mol.